The van der Waals surface area contributed by atoms with Gasteiger partial charge in [-0.15, -0.1) is 0 Å². The van der Waals surface area contributed by atoms with Gasteiger partial charge in [0.25, 0.3) is 5.24 Å². The summed E-state index contributed by atoms with van der Waals surface area (Å²) in [6.45, 7) is 0. The van der Waals surface area contributed by atoms with Crippen LogP contribution in [0.2, 0.25) is 0 Å². The monoisotopic (exact) mass is 302 g/mol. The number of alkyl halides is 3. The fraction of sp³-hybridized carbons (Fsp3) is 0.0714. The molecule has 0 aliphatic carbocycles. The van der Waals surface area contributed by atoms with E-state index in [0.717, 1.165) is 24.3 Å². The van der Waals surface area contributed by atoms with Crippen LogP contribution in [0.5, 0.6) is 0 Å². The molecule has 0 spiro atoms. The number of carbonyl (C=O) groups excluding carboxylic acids is 1. The van der Waals surface area contributed by atoms with E-state index in [0.29, 0.717) is 0 Å². The van der Waals surface area contributed by atoms with Crippen LogP contribution in [0.15, 0.2) is 42.5 Å². The van der Waals surface area contributed by atoms with Gasteiger partial charge in [-0.2, -0.15) is 13.2 Å². The van der Waals surface area contributed by atoms with E-state index in [1.165, 1.54) is 18.2 Å². The SMILES string of the molecule is O=C(Cl)c1cccc(C(F)(F)F)c1-c1ccccc1F. The van der Waals surface area contributed by atoms with Crippen LogP contribution in [0.25, 0.3) is 11.1 Å². The predicted octanol–water partition coefficient (Wildman–Crippen LogP) is 4.89. The van der Waals surface area contributed by atoms with Gasteiger partial charge in [-0.25, -0.2) is 4.39 Å². The zero-order valence-electron chi connectivity index (χ0n) is 9.84. The molecule has 20 heavy (non-hydrogen) atoms. The summed E-state index contributed by atoms with van der Waals surface area (Å²) in [5, 5.41) is -1.07. The van der Waals surface area contributed by atoms with Crippen molar-refractivity contribution < 1.29 is 22.4 Å². The van der Waals surface area contributed by atoms with E-state index in [-0.39, 0.29) is 11.1 Å². The van der Waals surface area contributed by atoms with Gasteiger partial charge in [0.1, 0.15) is 5.82 Å². The largest absolute Gasteiger partial charge is 0.417 e. The highest BCUT2D eigenvalue weighted by atomic mass is 35.5. The minimum Gasteiger partial charge on any atom is -0.276 e. The molecule has 0 fully saturated rings. The number of hydrogen-bond acceptors (Lipinski definition) is 1. The van der Waals surface area contributed by atoms with Gasteiger partial charge in [-0.05, 0) is 29.8 Å². The average molecular weight is 303 g/mol. The topological polar surface area (TPSA) is 17.1 Å². The van der Waals surface area contributed by atoms with Crippen molar-refractivity contribution in [3.05, 3.63) is 59.4 Å². The Balaban J connectivity index is 2.85. The van der Waals surface area contributed by atoms with E-state index in [1.807, 2.05) is 0 Å². The Hall–Kier alpha value is -1.88. The summed E-state index contributed by atoms with van der Waals surface area (Å²) in [5.41, 5.74) is -2.34. The summed E-state index contributed by atoms with van der Waals surface area (Å²) in [6.07, 6.45) is -4.72. The van der Waals surface area contributed by atoms with Crippen LogP contribution in [0.4, 0.5) is 17.6 Å². The number of halogens is 5. The maximum Gasteiger partial charge on any atom is 0.417 e. The van der Waals surface area contributed by atoms with Crippen molar-refractivity contribution in [2.75, 3.05) is 0 Å². The highest BCUT2D eigenvalue weighted by Crippen LogP contribution is 2.40. The third-order valence-electron chi connectivity index (χ3n) is 2.72. The van der Waals surface area contributed by atoms with E-state index < -0.39 is 28.4 Å². The lowest BCUT2D eigenvalue weighted by Gasteiger charge is -2.16. The van der Waals surface area contributed by atoms with Crippen molar-refractivity contribution in [2.45, 2.75) is 6.18 Å². The number of hydrogen-bond donors (Lipinski definition) is 0. The molecule has 0 saturated heterocycles. The summed E-state index contributed by atoms with van der Waals surface area (Å²) < 4.78 is 52.9. The maximum atomic E-state index is 13.8. The molecule has 6 heteroatoms. The molecule has 0 atom stereocenters. The summed E-state index contributed by atoms with van der Waals surface area (Å²) in [4.78, 5) is 11.3. The first-order valence-electron chi connectivity index (χ1n) is 5.47. The second-order valence-electron chi connectivity index (χ2n) is 3.98. The molecule has 0 N–H and O–H groups in total. The fourth-order valence-corrected chi connectivity index (χ4v) is 2.06. The Bertz CT molecular complexity index is 664. The Morgan fingerprint density at radius 2 is 1.65 bits per heavy atom. The van der Waals surface area contributed by atoms with Crippen LogP contribution in [-0.2, 0) is 6.18 Å². The van der Waals surface area contributed by atoms with E-state index in [4.69, 9.17) is 11.6 Å². The van der Waals surface area contributed by atoms with Gasteiger partial charge in [0.15, 0.2) is 0 Å². The van der Waals surface area contributed by atoms with Crippen LogP contribution in [-0.4, -0.2) is 5.24 Å². The van der Waals surface area contributed by atoms with Gasteiger partial charge in [-0.1, -0.05) is 24.3 Å². The van der Waals surface area contributed by atoms with Gasteiger partial charge in [0.2, 0.25) is 0 Å². The third kappa shape index (κ3) is 2.67. The molecule has 104 valence electrons. The maximum absolute atomic E-state index is 13.8. The summed E-state index contributed by atoms with van der Waals surface area (Å²) in [6, 6.07) is 7.89. The van der Waals surface area contributed by atoms with Gasteiger partial charge < -0.3 is 0 Å². The van der Waals surface area contributed by atoms with Crippen molar-refractivity contribution in [3.63, 3.8) is 0 Å². The van der Waals surface area contributed by atoms with Crippen molar-refractivity contribution in [1.29, 1.82) is 0 Å². The van der Waals surface area contributed by atoms with Gasteiger partial charge in [-0.3, -0.25) is 4.79 Å². The first kappa shape index (κ1) is 14.5. The highest BCUT2D eigenvalue weighted by Gasteiger charge is 2.35. The quantitative estimate of drug-likeness (QED) is 0.570. The molecule has 0 unspecified atom stereocenters. The first-order valence-corrected chi connectivity index (χ1v) is 5.85. The molecule has 0 bridgehead atoms. The highest BCUT2D eigenvalue weighted by molar-refractivity contribution is 6.68. The van der Waals surface area contributed by atoms with Crippen LogP contribution >= 0.6 is 11.6 Å². The van der Waals surface area contributed by atoms with E-state index in [2.05, 4.69) is 0 Å². The molecule has 0 aromatic heterocycles. The van der Waals surface area contributed by atoms with Crippen LogP contribution < -0.4 is 0 Å². The molecule has 2 aromatic rings. The van der Waals surface area contributed by atoms with Crippen LogP contribution in [0, 0.1) is 5.82 Å². The second-order valence-corrected chi connectivity index (χ2v) is 4.32. The Kier molecular flexibility index (Phi) is 3.81. The van der Waals surface area contributed by atoms with Crippen molar-refractivity contribution in [2.24, 2.45) is 0 Å². The molecule has 2 aromatic carbocycles. The molecular formula is C14H7ClF4O. The smallest absolute Gasteiger partial charge is 0.276 e. The predicted molar refractivity (Wildman–Crippen MR) is 67.0 cm³/mol. The summed E-state index contributed by atoms with van der Waals surface area (Å²) in [5.74, 6) is -0.858. The molecular weight excluding hydrogens is 296 g/mol. The number of carbonyl (C=O) groups is 1. The number of rotatable bonds is 2. The normalized spacial score (nSPS) is 11.4. The average Bonchev–Trinajstić information content (AvgIpc) is 2.37. The molecule has 2 rings (SSSR count). The van der Waals surface area contributed by atoms with Gasteiger partial charge in [0.05, 0.1) is 5.56 Å². The number of benzene rings is 2. The second kappa shape index (κ2) is 5.25. The summed E-state index contributed by atoms with van der Waals surface area (Å²) >= 11 is 5.30. The Labute approximate surface area is 116 Å². The van der Waals surface area contributed by atoms with Crippen molar-refractivity contribution in [3.8, 4) is 11.1 Å². The lowest BCUT2D eigenvalue weighted by Crippen LogP contribution is -2.10. The molecule has 0 saturated carbocycles. The lowest BCUT2D eigenvalue weighted by atomic mass is 9.94. The molecule has 0 radical (unpaired) electrons. The lowest BCUT2D eigenvalue weighted by molar-refractivity contribution is -0.137. The molecule has 0 aliphatic heterocycles. The summed E-state index contributed by atoms with van der Waals surface area (Å²) in [7, 11) is 0. The van der Waals surface area contributed by atoms with E-state index in [9.17, 15) is 22.4 Å². The van der Waals surface area contributed by atoms with Crippen molar-refractivity contribution >= 4 is 16.8 Å². The van der Waals surface area contributed by atoms with Gasteiger partial charge >= 0.3 is 6.18 Å². The third-order valence-corrected chi connectivity index (χ3v) is 2.93. The van der Waals surface area contributed by atoms with E-state index >= 15 is 0 Å². The molecule has 0 heterocycles. The van der Waals surface area contributed by atoms with Crippen LogP contribution in [0.3, 0.4) is 0 Å². The minimum atomic E-state index is -4.72. The molecule has 0 aliphatic rings. The van der Waals surface area contributed by atoms with Crippen molar-refractivity contribution in [1.82, 2.24) is 0 Å². The zero-order chi connectivity index (χ0) is 14.9. The Morgan fingerprint density at radius 1 is 1.00 bits per heavy atom. The van der Waals surface area contributed by atoms with Crippen LogP contribution in [0.1, 0.15) is 15.9 Å². The first-order chi connectivity index (χ1) is 9.32. The zero-order valence-corrected chi connectivity index (χ0v) is 10.6. The minimum absolute atomic E-state index is 0.315. The fourth-order valence-electron chi connectivity index (χ4n) is 1.91. The molecule has 0 amide bonds. The molecule has 1 nitrogen and oxygen atoms in total. The standard InChI is InChI=1S/C14H7ClF4O/c15-13(20)9-5-3-6-10(14(17,18)19)12(9)8-4-1-2-7-11(8)16/h1-7H. The van der Waals surface area contributed by atoms with E-state index in [1.54, 1.807) is 0 Å². The van der Waals surface area contributed by atoms with Gasteiger partial charge in [0, 0.05) is 16.7 Å². The Morgan fingerprint density at radius 3 is 2.20 bits per heavy atom.